The average molecular weight is 325 g/mol. The van der Waals surface area contributed by atoms with Crippen molar-refractivity contribution in [2.45, 2.75) is 63.8 Å². The number of carbonyl (C=O) groups is 2. The van der Waals surface area contributed by atoms with Crippen molar-refractivity contribution in [3.8, 4) is 0 Å². The van der Waals surface area contributed by atoms with E-state index in [0.717, 1.165) is 12.8 Å². The van der Waals surface area contributed by atoms with Crippen LogP contribution in [0.1, 0.15) is 40.5 Å². The molecule has 4 aliphatic rings. The Morgan fingerprint density at radius 2 is 2.09 bits per heavy atom. The molecule has 0 unspecified atom stereocenters. The molecule has 7 heteroatoms. The Hall–Kier alpha value is -1.18. The number of amides is 2. The molecule has 3 saturated heterocycles. The van der Waals surface area contributed by atoms with E-state index in [0.29, 0.717) is 13.2 Å². The van der Waals surface area contributed by atoms with Gasteiger partial charge in [0.2, 0.25) is 5.91 Å². The highest BCUT2D eigenvalue weighted by atomic mass is 16.9. The first-order chi connectivity index (χ1) is 10.6. The van der Waals surface area contributed by atoms with Gasteiger partial charge in [-0.2, -0.15) is 0 Å². The van der Waals surface area contributed by atoms with Crippen LogP contribution in [0.2, 0.25) is 0 Å². The van der Waals surface area contributed by atoms with Gasteiger partial charge in [0.05, 0.1) is 18.8 Å². The van der Waals surface area contributed by atoms with E-state index in [1.807, 2.05) is 6.92 Å². The lowest BCUT2D eigenvalue weighted by Gasteiger charge is -2.42. The van der Waals surface area contributed by atoms with Crippen LogP contribution in [-0.2, 0) is 23.7 Å². The third kappa shape index (κ3) is 2.28. The summed E-state index contributed by atoms with van der Waals surface area (Å²) in [4.78, 5) is 26.3. The lowest BCUT2D eigenvalue weighted by Crippen LogP contribution is -2.60. The van der Waals surface area contributed by atoms with Gasteiger partial charge in [-0.05, 0) is 34.1 Å². The predicted molar refractivity (Wildman–Crippen MR) is 77.2 cm³/mol. The maximum atomic E-state index is 12.6. The van der Waals surface area contributed by atoms with Crippen molar-refractivity contribution in [1.82, 2.24) is 4.90 Å². The quantitative estimate of drug-likeness (QED) is 0.730. The Morgan fingerprint density at radius 3 is 2.78 bits per heavy atom. The molecule has 3 heterocycles. The highest BCUT2D eigenvalue weighted by Crippen LogP contribution is 2.57. The summed E-state index contributed by atoms with van der Waals surface area (Å²) < 4.78 is 23.2. The van der Waals surface area contributed by atoms with Crippen molar-refractivity contribution in [1.29, 1.82) is 0 Å². The van der Waals surface area contributed by atoms with Crippen molar-refractivity contribution in [2.24, 2.45) is 11.8 Å². The number of imide groups is 1. The zero-order valence-corrected chi connectivity index (χ0v) is 14.0. The Bertz CT molecular complexity index is 571. The van der Waals surface area contributed by atoms with Crippen LogP contribution in [0, 0.1) is 11.8 Å². The lowest BCUT2D eigenvalue weighted by atomic mass is 10.0. The minimum absolute atomic E-state index is 0.0236. The summed E-state index contributed by atoms with van der Waals surface area (Å²) in [5, 5.41) is 0. The Labute approximate surface area is 135 Å². The molecular formula is C16H23NO6. The summed E-state index contributed by atoms with van der Waals surface area (Å²) in [6.07, 6.45) is 0.830. The first-order valence-corrected chi connectivity index (χ1v) is 8.18. The highest BCUT2D eigenvalue weighted by molar-refractivity contribution is 5.98. The summed E-state index contributed by atoms with van der Waals surface area (Å²) in [5.74, 6) is -1.67. The van der Waals surface area contributed by atoms with Gasteiger partial charge in [-0.1, -0.05) is 0 Å². The van der Waals surface area contributed by atoms with E-state index in [-0.39, 0.29) is 17.7 Å². The van der Waals surface area contributed by atoms with Crippen LogP contribution in [0.25, 0.3) is 0 Å². The monoisotopic (exact) mass is 325 g/mol. The molecule has 5 atom stereocenters. The van der Waals surface area contributed by atoms with Crippen LogP contribution in [0.4, 0.5) is 4.79 Å². The van der Waals surface area contributed by atoms with Crippen molar-refractivity contribution in [2.75, 3.05) is 13.2 Å². The minimum Gasteiger partial charge on any atom is -0.443 e. The van der Waals surface area contributed by atoms with Crippen LogP contribution in [0.3, 0.4) is 0 Å². The molecule has 2 bridgehead atoms. The number of hydrogen-bond donors (Lipinski definition) is 0. The van der Waals surface area contributed by atoms with Crippen LogP contribution >= 0.6 is 0 Å². The van der Waals surface area contributed by atoms with Crippen LogP contribution in [0.15, 0.2) is 0 Å². The number of likely N-dealkylation sites (tertiary alicyclic amines) is 1. The number of ether oxygens (including phenoxy) is 4. The zero-order valence-electron chi connectivity index (χ0n) is 14.0. The molecule has 0 radical (unpaired) electrons. The smallest absolute Gasteiger partial charge is 0.417 e. The van der Waals surface area contributed by atoms with E-state index in [9.17, 15) is 9.59 Å². The summed E-state index contributed by atoms with van der Waals surface area (Å²) >= 11 is 0. The third-order valence-corrected chi connectivity index (χ3v) is 4.93. The molecule has 0 aromatic heterocycles. The topological polar surface area (TPSA) is 74.3 Å². The van der Waals surface area contributed by atoms with Crippen molar-refractivity contribution in [3.05, 3.63) is 0 Å². The zero-order chi connectivity index (χ0) is 16.6. The second kappa shape index (κ2) is 4.46. The van der Waals surface area contributed by atoms with E-state index >= 15 is 0 Å². The molecule has 7 nitrogen and oxygen atoms in total. The molecule has 3 aliphatic heterocycles. The first-order valence-electron chi connectivity index (χ1n) is 8.18. The second-order valence-electron chi connectivity index (χ2n) is 8.18. The lowest BCUT2D eigenvalue weighted by molar-refractivity contribution is -0.386. The standard InChI is InChI=1S/C16H23NO6/c1-14(2,3)22-13(19)17-11(9-7-10(9)12(17)18)16-20-6-5-15(4,23-16)8-21-16/h9-11H,5-8H2,1-4H3/t9-,10+,11-,15+,16-/m0/s1. The van der Waals surface area contributed by atoms with Crippen molar-refractivity contribution in [3.63, 3.8) is 0 Å². The molecule has 0 N–H and O–H groups in total. The number of carbonyl (C=O) groups excluding carboxylic acids is 2. The molecule has 0 spiro atoms. The van der Waals surface area contributed by atoms with Crippen LogP contribution < -0.4 is 0 Å². The molecule has 1 saturated carbocycles. The molecule has 2 amide bonds. The number of rotatable bonds is 1. The molecule has 0 aromatic carbocycles. The maximum absolute atomic E-state index is 12.6. The first kappa shape index (κ1) is 15.4. The molecule has 23 heavy (non-hydrogen) atoms. The number of fused-ring (bicyclic) bond motifs is 3. The number of piperidine rings is 1. The van der Waals surface area contributed by atoms with Crippen molar-refractivity contribution >= 4 is 12.0 Å². The van der Waals surface area contributed by atoms with Gasteiger partial charge in [0, 0.05) is 18.3 Å². The van der Waals surface area contributed by atoms with Crippen LogP contribution in [0.5, 0.6) is 0 Å². The molecular weight excluding hydrogens is 302 g/mol. The summed E-state index contributed by atoms with van der Waals surface area (Å²) in [6.45, 7) is 8.18. The number of nitrogens with zero attached hydrogens (tertiary/aromatic N) is 1. The molecule has 0 aromatic rings. The number of hydrogen-bond acceptors (Lipinski definition) is 6. The van der Waals surface area contributed by atoms with E-state index in [1.165, 1.54) is 4.90 Å². The van der Waals surface area contributed by atoms with E-state index in [2.05, 4.69) is 0 Å². The SMILES string of the molecule is CC(C)(C)OC(=O)N1C(=O)[C@@H]2C[C@@H]2[C@H]1[C@]12OCC[C@](C)(CO1)O2. The van der Waals surface area contributed by atoms with E-state index < -0.39 is 29.3 Å². The Morgan fingerprint density at radius 1 is 1.35 bits per heavy atom. The normalized spacial score (nSPS) is 45.1. The van der Waals surface area contributed by atoms with E-state index in [4.69, 9.17) is 18.9 Å². The van der Waals surface area contributed by atoms with Crippen molar-refractivity contribution < 1.29 is 28.5 Å². The Balaban J connectivity index is 1.64. The molecule has 128 valence electrons. The molecule has 4 fully saturated rings. The van der Waals surface area contributed by atoms with Gasteiger partial charge in [-0.3, -0.25) is 4.79 Å². The Kier molecular flexibility index (Phi) is 2.98. The minimum atomic E-state index is -1.34. The fraction of sp³-hybridized carbons (Fsp3) is 0.875. The third-order valence-electron chi connectivity index (χ3n) is 4.93. The van der Waals surface area contributed by atoms with Gasteiger partial charge in [0.1, 0.15) is 11.6 Å². The van der Waals surface area contributed by atoms with Gasteiger partial charge in [-0.25, -0.2) is 9.69 Å². The van der Waals surface area contributed by atoms with Gasteiger partial charge in [0.15, 0.2) is 0 Å². The second-order valence-corrected chi connectivity index (χ2v) is 8.18. The van der Waals surface area contributed by atoms with Gasteiger partial charge >= 0.3 is 12.1 Å². The predicted octanol–water partition coefficient (Wildman–Crippen LogP) is 1.65. The van der Waals surface area contributed by atoms with E-state index in [1.54, 1.807) is 20.8 Å². The summed E-state index contributed by atoms with van der Waals surface area (Å²) in [7, 11) is 0. The van der Waals surface area contributed by atoms with Gasteiger partial charge in [0.25, 0.3) is 0 Å². The fourth-order valence-corrected chi connectivity index (χ4v) is 3.78. The maximum Gasteiger partial charge on any atom is 0.417 e. The summed E-state index contributed by atoms with van der Waals surface area (Å²) in [6, 6.07) is -0.572. The average Bonchev–Trinajstić information content (AvgIpc) is 3.08. The van der Waals surface area contributed by atoms with Crippen LogP contribution in [-0.4, -0.2) is 53.3 Å². The highest BCUT2D eigenvalue weighted by Gasteiger charge is 2.72. The molecule has 4 rings (SSSR count). The van der Waals surface area contributed by atoms with Gasteiger partial charge in [-0.15, -0.1) is 0 Å². The molecule has 1 aliphatic carbocycles. The van der Waals surface area contributed by atoms with Gasteiger partial charge < -0.3 is 18.9 Å². The fourth-order valence-electron chi connectivity index (χ4n) is 3.78. The summed E-state index contributed by atoms with van der Waals surface area (Å²) in [5.41, 5.74) is -1.10. The largest absolute Gasteiger partial charge is 0.443 e.